The zero-order valence-electron chi connectivity index (χ0n) is 13.3. The average molecular weight is 303 g/mol. The average Bonchev–Trinajstić information content (AvgIpc) is 3.00. The summed E-state index contributed by atoms with van der Waals surface area (Å²) in [7, 11) is 0. The van der Waals surface area contributed by atoms with Gasteiger partial charge in [0.1, 0.15) is 5.75 Å². The molecular weight excluding hydrogens is 278 g/mol. The number of aliphatic hydroxyl groups is 1. The molecule has 0 saturated carbocycles. The molecule has 120 valence electrons. The minimum Gasteiger partial charge on any atom is -0.484 e. The number of amides is 1. The molecule has 2 atom stereocenters. The van der Waals surface area contributed by atoms with Crippen LogP contribution in [0.3, 0.4) is 0 Å². The van der Waals surface area contributed by atoms with Crippen LogP contribution in [0.1, 0.15) is 43.7 Å². The summed E-state index contributed by atoms with van der Waals surface area (Å²) in [4.78, 5) is 14.2. The van der Waals surface area contributed by atoms with E-state index in [0.717, 1.165) is 44.4 Å². The Morgan fingerprint density at radius 2 is 2.14 bits per heavy atom. The normalized spacial score (nSPS) is 22.3. The zero-order valence-corrected chi connectivity index (χ0v) is 13.3. The molecule has 1 fully saturated rings. The highest BCUT2D eigenvalue weighted by Gasteiger charge is 2.30. The van der Waals surface area contributed by atoms with E-state index < -0.39 is 6.10 Å². The fraction of sp³-hybridized carbons (Fsp3) is 0.611. The van der Waals surface area contributed by atoms with Crippen molar-refractivity contribution in [2.24, 2.45) is 0 Å². The summed E-state index contributed by atoms with van der Waals surface area (Å²) in [6.07, 6.45) is 5.95. The highest BCUT2D eigenvalue weighted by atomic mass is 16.5. The van der Waals surface area contributed by atoms with E-state index in [4.69, 9.17) is 4.74 Å². The number of benzene rings is 1. The molecule has 1 amide bonds. The van der Waals surface area contributed by atoms with E-state index in [0.29, 0.717) is 0 Å². The molecule has 0 bridgehead atoms. The van der Waals surface area contributed by atoms with E-state index >= 15 is 0 Å². The Labute approximate surface area is 132 Å². The predicted molar refractivity (Wildman–Crippen MR) is 85.0 cm³/mol. The molecule has 1 saturated heterocycles. The van der Waals surface area contributed by atoms with Crippen LogP contribution in [0.25, 0.3) is 0 Å². The maximum absolute atomic E-state index is 12.4. The molecule has 2 unspecified atom stereocenters. The summed E-state index contributed by atoms with van der Waals surface area (Å²) in [5.74, 6) is 0.755. The van der Waals surface area contributed by atoms with Crippen LogP contribution in [0.4, 0.5) is 0 Å². The minimum atomic E-state index is -0.482. The third-order valence-corrected chi connectivity index (χ3v) is 4.86. The molecule has 0 radical (unpaired) electrons. The number of piperidine rings is 1. The van der Waals surface area contributed by atoms with Crippen molar-refractivity contribution in [3.05, 3.63) is 29.3 Å². The standard InChI is InChI=1S/C18H25NO3/c1-13(20)17-7-2-3-10-19(17)18(21)12-22-16-9-8-14-5-4-6-15(14)11-16/h8-9,11,13,17,20H,2-7,10,12H2,1H3. The van der Waals surface area contributed by atoms with E-state index in [9.17, 15) is 9.90 Å². The first kappa shape index (κ1) is 15.3. The van der Waals surface area contributed by atoms with E-state index in [1.54, 1.807) is 11.8 Å². The predicted octanol–water partition coefficient (Wildman–Crippen LogP) is 2.32. The number of aryl methyl sites for hydroxylation is 2. The molecule has 1 N–H and O–H groups in total. The Kier molecular flexibility index (Phi) is 4.67. The minimum absolute atomic E-state index is 0.0221. The molecule has 1 heterocycles. The topological polar surface area (TPSA) is 49.8 Å². The van der Waals surface area contributed by atoms with Crippen molar-refractivity contribution in [2.75, 3.05) is 13.2 Å². The van der Waals surface area contributed by atoms with E-state index in [1.807, 2.05) is 6.07 Å². The van der Waals surface area contributed by atoms with Crippen molar-refractivity contribution >= 4 is 5.91 Å². The third kappa shape index (κ3) is 3.27. The monoisotopic (exact) mass is 303 g/mol. The lowest BCUT2D eigenvalue weighted by atomic mass is 9.98. The van der Waals surface area contributed by atoms with Gasteiger partial charge in [0.25, 0.3) is 5.91 Å². The van der Waals surface area contributed by atoms with Gasteiger partial charge in [-0.05, 0) is 68.7 Å². The third-order valence-electron chi connectivity index (χ3n) is 4.86. The Morgan fingerprint density at radius 3 is 2.95 bits per heavy atom. The molecule has 22 heavy (non-hydrogen) atoms. The number of likely N-dealkylation sites (tertiary alicyclic amines) is 1. The van der Waals surface area contributed by atoms with Crippen LogP contribution < -0.4 is 4.74 Å². The lowest BCUT2D eigenvalue weighted by molar-refractivity contribution is -0.139. The summed E-state index contributed by atoms with van der Waals surface area (Å²) in [5.41, 5.74) is 2.76. The van der Waals surface area contributed by atoms with Crippen LogP contribution >= 0.6 is 0 Å². The number of hydrogen-bond acceptors (Lipinski definition) is 3. The number of nitrogens with zero attached hydrogens (tertiary/aromatic N) is 1. The largest absolute Gasteiger partial charge is 0.484 e. The van der Waals surface area contributed by atoms with Gasteiger partial charge in [0.05, 0.1) is 12.1 Å². The first-order chi connectivity index (χ1) is 10.6. The number of aliphatic hydroxyl groups excluding tert-OH is 1. The summed E-state index contributed by atoms with van der Waals surface area (Å²) in [5, 5.41) is 9.85. The second-order valence-electron chi connectivity index (χ2n) is 6.46. The molecule has 1 aliphatic heterocycles. The maximum Gasteiger partial charge on any atom is 0.260 e. The van der Waals surface area contributed by atoms with Gasteiger partial charge in [-0.3, -0.25) is 4.79 Å². The molecule has 1 aliphatic carbocycles. The van der Waals surface area contributed by atoms with Crippen LogP contribution in [0.2, 0.25) is 0 Å². The second-order valence-corrected chi connectivity index (χ2v) is 6.46. The Hall–Kier alpha value is -1.55. The van der Waals surface area contributed by atoms with Crippen molar-refractivity contribution in [3.8, 4) is 5.75 Å². The van der Waals surface area contributed by atoms with Gasteiger partial charge >= 0.3 is 0 Å². The van der Waals surface area contributed by atoms with E-state index in [2.05, 4.69) is 12.1 Å². The maximum atomic E-state index is 12.4. The number of carbonyl (C=O) groups excluding carboxylic acids is 1. The molecule has 0 spiro atoms. The summed E-state index contributed by atoms with van der Waals surface area (Å²) < 4.78 is 5.70. The van der Waals surface area contributed by atoms with Crippen LogP contribution in [0, 0.1) is 0 Å². The quantitative estimate of drug-likeness (QED) is 0.928. The lowest BCUT2D eigenvalue weighted by Gasteiger charge is -2.37. The van der Waals surface area contributed by atoms with Crippen LogP contribution in [0.15, 0.2) is 18.2 Å². The summed E-state index contributed by atoms with van der Waals surface area (Å²) in [6, 6.07) is 6.07. The van der Waals surface area contributed by atoms with Gasteiger partial charge < -0.3 is 14.7 Å². The number of carbonyl (C=O) groups is 1. The van der Waals surface area contributed by atoms with Gasteiger partial charge in [-0.2, -0.15) is 0 Å². The van der Waals surface area contributed by atoms with Crippen molar-refractivity contribution in [1.29, 1.82) is 0 Å². The van der Waals surface area contributed by atoms with Crippen molar-refractivity contribution < 1.29 is 14.6 Å². The molecule has 1 aromatic carbocycles. The summed E-state index contributed by atoms with van der Waals surface area (Å²) in [6.45, 7) is 2.54. The molecule has 2 aliphatic rings. The highest BCUT2D eigenvalue weighted by molar-refractivity contribution is 5.78. The molecule has 4 heteroatoms. The smallest absolute Gasteiger partial charge is 0.260 e. The van der Waals surface area contributed by atoms with Gasteiger partial charge in [-0.1, -0.05) is 6.07 Å². The van der Waals surface area contributed by atoms with Crippen LogP contribution in [-0.2, 0) is 17.6 Å². The Balaban J connectivity index is 1.59. The number of rotatable bonds is 4. The Morgan fingerprint density at radius 1 is 1.32 bits per heavy atom. The van der Waals surface area contributed by atoms with E-state index in [1.165, 1.54) is 17.5 Å². The SMILES string of the molecule is CC(O)C1CCCCN1C(=O)COc1ccc2c(c1)CCC2. The van der Waals surface area contributed by atoms with Gasteiger partial charge in [0.2, 0.25) is 0 Å². The molecule has 1 aromatic rings. The summed E-state index contributed by atoms with van der Waals surface area (Å²) >= 11 is 0. The Bertz CT molecular complexity index is 541. The van der Waals surface area contributed by atoms with Gasteiger partial charge in [-0.15, -0.1) is 0 Å². The number of hydrogen-bond donors (Lipinski definition) is 1. The molecule has 3 rings (SSSR count). The fourth-order valence-electron chi connectivity index (χ4n) is 3.63. The second kappa shape index (κ2) is 6.69. The number of ether oxygens (including phenoxy) is 1. The molecule has 4 nitrogen and oxygen atoms in total. The van der Waals surface area contributed by atoms with Crippen molar-refractivity contribution in [2.45, 2.75) is 57.6 Å². The fourth-order valence-corrected chi connectivity index (χ4v) is 3.63. The lowest BCUT2D eigenvalue weighted by Crippen LogP contribution is -2.50. The van der Waals surface area contributed by atoms with Gasteiger partial charge in [0, 0.05) is 6.54 Å². The molecule has 0 aromatic heterocycles. The zero-order chi connectivity index (χ0) is 15.5. The number of fused-ring (bicyclic) bond motifs is 1. The van der Waals surface area contributed by atoms with Crippen LogP contribution in [-0.4, -0.2) is 41.2 Å². The van der Waals surface area contributed by atoms with Gasteiger partial charge in [-0.25, -0.2) is 0 Å². The van der Waals surface area contributed by atoms with Crippen LogP contribution in [0.5, 0.6) is 5.75 Å². The first-order valence-electron chi connectivity index (χ1n) is 8.37. The van der Waals surface area contributed by atoms with Crippen molar-refractivity contribution in [1.82, 2.24) is 4.90 Å². The molecular formula is C18H25NO3. The van der Waals surface area contributed by atoms with Crippen molar-refractivity contribution in [3.63, 3.8) is 0 Å². The first-order valence-corrected chi connectivity index (χ1v) is 8.37. The highest BCUT2D eigenvalue weighted by Crippen LogP contribution is 2.26. The van der Waals surface area contributed by atoms with Gasteiger partial charge in [0.15, 0.2) is 6.61 Å². The van der Waals surface area contributed by atoms with E-state index in [-0.39, 0.29) is 18.6 Å².